The molecule has 0 aromatic rings. The van der Waals surface area contributed by atoms with Crippen molar-refractivity contribution in [2.24, 2.45) is 11.8 Å². The Hall–Kier alpha value is -0.120. The Balaban J connectivity index is 3.90. The fraction of sp³-hybridized carbons (Fsp3) is 1.00. The first-order chi connectivity index (χ1) is 7.04. The standard InChI is InChI=1S/C12H26O3/c1-4-9(2)12(15)10(3)11(14)7-5-6-8-13/h9-15H,4-8H2,1-3H3/t9-,10+,11-,12-/m0/s1. The van der Waals surface area contributed by atoms with Crippen LogP contribution in [0.1, 0.15) is 46.5 Å². The Morgan fingerprint density at radius 1 is 1.07 bits per heavy atom. The van der Waals surface area contributed by atoms with Gasteiger partial charge in [-0.3, -0.25) is 0 Å². The predicted molar refractivity (Wildman–Crippen MR) is 61.6 cm³/mol. The number of hydrogen-bond donors (Lipinski definition) is 3. The minimum Gasteiger partial charge on any atom is -0.396 e. The molecule has 0 aliphatic rings. The Labute approximate surface area is 93.1 Å². The molecular formula is C12H26O3. The molecule has 0 aromatic carbocycles. The van der Waals surface area contributed by atoms with E-state index in [0.29, 0.717) is 6.42 Å². The number of rotatable bonds is 8. The molecule has 0 unspecified atom stereocenters. The summed E-state index contributed by atoms with van der Waals surface area (Å²) in [5.74, 6) is 0.145. The van der Waals surface area contributed by atoms with Crippen LogP contribution >= 0.6 is 0 Å². The fourth-order valence-electron chi connectivity index (χ4n) is 1.72. The van der Waals surface area contributed by atoms with E-state index >= 15 is 0 Å². The molecule has 0 rings (SSSR count). The predicted octanol–water partition coefficient (Wildman–Crippen LogP) is 1.55. The second-order valence-electron chi connectivity index (χ2n) is 4.52. The van der Waals surface area contributed by atoms with Gasteiger partial charge in [-0.25, -0.2) is 0 Å². The van der Waals surface area contributed by atoms with Crippen molar-refractivity contribution in [2.45, 2.75) is 58.7 Å². The van der Waals surface area contributed by atoms with Gasteiger partial charge >= 0.3 is 0 Å². The van der Waals surface area contributed by atoms with Crippen molar-refractivity contribution in [3.63, 3.8) is 0 Å². The zero-order valence-corrected chi connectivity index (χ0v) is 10.2. The third kappa shape index (κ3) is 5.50. The second kappa shape index (κ2) is 8.08. The lowest BCUT2D eigenvalue weighted by atomic mass is 9.86. The normalized spacial score (nSPS) is 19.6. The summed E-state index contributed by atoms with van der Waals surface area (Å²) < 4.78 is 0. The molecule has 0 aliphatic carbocycles. The molecule has 3 N–H and O–H groups in total. The van der Waals surface area contributed by atoms with Gasteiger partial charge in [0, 0.05) is 12.5 Å². The molecule has 3 nitrogen and oxygen atoms in total. The van der Waals surface area contributed by atoms with Crippen molar-refractivity contribution in [3.05, 3.63) is 0 Å². The van der Waals surface area contributed by atoms with Crippen LogP contribution in [0.15, 0.2) is 0 Å². The van der Waals surface area contributed by atoms with Crippen LogP contribution in [0, 0.1) is 11.8 Å². The summed E-state index contributed by atoms with van der Waals surface area (Å²) in [7, 11) is 0. The third-order valence-corrected chi connectivity index (χ3v) is 3.28. The molecule has 0 aliphatic heterocycles. The first-order valence-electron chi connectivity index (χ1n) is 6.01. The molecule has 0 spiro atoms. The van der Waals surface area contributed by atoms with Gasteiger partial charge in [-0.2, -0.15) is 0 Å². The minimum atomic E-state index is -0.458. The highest BCUT2D eigenvalue weighted by atomic mass is 16.3. The number of aliphatic hydroxyl groups excluding tert-OH is 3. The van der Waals surface area contributed by atoms with Gasteiger partial charge in [0.2, 0.25) is 0 Å². The van der Waals surface area contributed by atoms with Gasteiger partial charge in [0.15, 0.2) is 0 Å². The van der Waals surface area contributed by atoms with Crippen molar-refractivity contribution in [1.82, 2.24) is 0 Å². The molecule has 0 radical (unpaired) electrons. The molecule has 15 heavy (non-hydrogen) atoms. The zero-order valence-electron chi connectivity index (χ0n) is 10.2. The van der Waals surface area contributed by atoms with Gasteiger partial charge in [0.05, 0.1) is 12.2 Å². The lowest BCUT2D eigenvalue weighted by molar-refractivity contribution is -0.0111. The van der Waals surface area contributed by atoms with E-state index in [2.05, 4.69) is 0 Å². The first kappa shape index (κ1) is 14.9. The van der Waals surface area contributed by atoms with Crippen LogP contribution in [-0.4, -0.2) is 34.1 Å². The quantitative estimate of drug-likeness (QED) is 0.542. The molecule has 0 saturated heterocycles. The Bertz CT molecular complexity index is 150. The summed E-state index contributed by atoms with van der Waals surface area (Å²) in [6.45, 7) is 6.11. The zero-order chi connectivity index (χ0) is 11.8. The van der Waals surface area contributed by atoms with Crippen LogP contribution in [0.3, 0.4) is 0 Å². The molecule has 0 bridgehead atoms. The van der Waals surface area contributed by atoms with Crippen LogP contribution < -0.4 is 0 Å². The van der Waals surface area contributed by atoms with Crippen LogP contribution in [0.25, 0.3) is 0 Å². The maximum atomic E-state index is 9.90. The topological polar surface area (TPSA) is 60.7 Å². The maximum absolute atomic E-state index is 9.90. The summed E-state index contributed by atoms with van der Waals surface area (Å²) in [6, 6.07) is 0. The highest BCUT2D eigenvalue weighted by Gasteiger charge is 2.25. The van der Waals surface area contributed by atoms with E-state index in [4.69, 9.17) is 5.11 Å². The monoisotopic (exact) mass is 218 g/mol. The van der Waals surface area contributed by atoms with Gasteiger partial charge in [-0.15, -0.1) is 0 Å². The van der Waals surface area contributed by atoms with Gasteiger partial charge in [0.25, 0.3) is 0 Å². The van der Waals surface area contributed by atoms with Crippen LogP contribution in [-0.2, 0) is 0 Å². The van der Waals surface area contributed by atoms with Crippen molar-refractivity contribution in [1.29, 1.82) is 0 Å². The third-order valence-electron chi connectivity index (χ3n) is 3.28. The largest absolute Gasteiger partial charge is 0.396 e. The van der Waals surface area contributed by atoms with E-state index in [1.807, 2.05) is 20.8 Å². The van der Waals surface area contributed by atoms with Gasteiger partial charge in [0.1, 0.15) is 0 Å². The summed E-state index contributed by atoms with van der Waals surface area (Å²) in [4.78, 5) is 0. The van der Waals surface area contributed by atoms with E-state index in [1.54, 1.807) is 0 Å². The van der Waals surface area contributed by atoms with Crippen molar-refractivity contribution >= 4 is 0 Å². The Morgan fingerprint density at radius 3 is 2.13 bits per heavy atom. The number of unbranched alkanes of at least 4 members (excludes halogenated alkanes) is 1. The van der Waals surface area contributed by atoms with Crippen molar-refractivity contribution < 1.29 is 15.3 Å². The molecule has 0 amide bonds. The lowest BCUT2D eigenvalue weighted by Gasteiger charge is -2.28. The van der Waals surface area contributed by atoms with E-state index < -0.39 is 12.2 Å². The second-order valence-corrected chi connectivity index (χ2v) is 4.52. The smallest absolute Gasteiger partial charge is 0.0615 e. The summed E-state index contributed by atoms with van der Waals surface area (Å²) >= 11 is 0. The number of hydrogen-bond acceptors (Lipinski definition) is 3. The molecule has 0 saturated carbocycles. The van der Waals surface area contributed by atoms with Gasteiger partial charge in [-0.05, 0) is 25.2 Å². The summed E-state index contributed by atoms with van der Waals surface area (Å²) in [5.41, 5.74) is 0. The van der Waals surface area contributed by atoms with Crippen LogP contribution in [0.5, 0.6) is 0 Å². The van der Waals surface area contributed by atoms with E-state index in [-0.39, 0.29) is 18.4 Å². The summed E-state index contributed by atoms with van der Waals surface area (Å²) in [5, 5.41) is 28.3. The average Bonchev–Trinajstić information content (AvgIpc) is 2.26. The molecule has 0 aromatic heterocycles. The SMILES string of the molecule is CC[C@H](C)[C@H](O)[C@H](C)[C@@H](O)CCCCO. The van der Waals surface area contributed by atoms with Crippen molar-refractivity contribution in [2.75, 3.05) is 6.61 Å². The molecule has 0 heterocycles. The number of aliphatic hydroxyl groups is 3. The lowest BCUT2D eigenvalue weighted by Crippen LogP contribution is -2.33. The highest BCUT2D eigenvalue weighted by Crippen LogP contribution is 2.21. The molecule has 92 valence electrons. The van der Waals surface area contributed by atoms with Gasteiger partial charge < -0.3 is 15.3 Å². The maximum Gasteiger partial charge on any atom is 0.0615 e. The first-order valence-corrected chi connectivity index (χ1v) is 6.01. The van der Waals surface area contributed by atoms with E-state index in [0.717, 1.165) is 19.3 Å². The van der Waals surface area contributed by atoms with E-state index in [9.17, 15) is 10.2 Å². The van der Waals surface area contributed by atoms with Crippen molar-refractivity contribution in [3.8, 4) is 0 Å². The summed E-state index contributed by atoms with van der Waals surface area (Å²) in [6.07, 6.45) is 2.24. The van der Waals surface area contributed by atoms with E-state index in [1.165, 1.54) is 0 Å². The van der Waals surface area contributed by atoms with Crippen LogP contribution in [0.2, 0.25) is 0 Å². The Kier molecular flexibility index (Phi) is 8.02. The molecule has 3 heteroatoms. The highest BCUT2D eigenvalue weighted by molar-refractivity contribution is 4.75. The Morgan fingerprint density at radius 2 is 1.67 bits per heavy atom. The molecular weight excluding hydrogens is 192 g/mol. The average molecular weight is 218 g/mol. The van der Waals surface area contributed by atoms with Crippen LogP contribution in [0.4, 0.5) is 0 Å². The molecule has 4 atom stereocenters. The minimum absolute atomic E-state index is 0.0846. The molecule has 0 fully saturated rings. The fourth-order valence-corrected chi connectivity index (χ4v) is 1.72. The van der Waals surface area contributed by atoms with Gasteiger partial charge in [-0.1, -0.05) is 27.2 Å².